The highest BCUT2D eigenvalue weighted by Gasteiger charge is 2.32. The minimum atomic E-state index is -0.665. The van der Waals surface area contributed by atoms with Crippen molar-refractivity contribution in [3.8, 4) is 0 Å². The molecule has 2 amide bonds. The van der Waals surface area contributed by atoms with Crippen LogP contribution in [0.1, 0.15) is 23.1 Å². The number of aryl methyl sites for hydroxylation is 1. The zero-order valence-corrected chi connectivity index (χ0v) is 16.4. The van der Waals surface area contributed by atoms with Crippen LogP contribution in [-0.2, 0) is 22.7 Å². The molecule has 7 heteroatoms. The van der Waals surface area contributed by atoms with Crippen LogP contribution in [0.5, 0.6) is 0 Å². The van der Waals surface area contributed by atoms with E-state index in [1.165, 1.54) is 6.07 Å². The van der Waals surface area contributed by atoms with E-state index in [4.69, 9.17) is 11.6 Å². The number of hydrogen-bond donors (Lipinski definition) is 2. The number of carbonyl (C=O) groups is 2. The molecule has 1 atom stereocenters. The Bertz CT molecular complexity index is 854. The summed E-state index contributed by atoms with van der Waals surface area (Å²) in [5.41, 5.74) is 2.46. The average molecular weight is 404 g/mol. The van der Waals surface area contributed by atoms with Gasteiger partial charge in [-0.1, -0.05) is 41.9 Å². The number of nitrogens with one attached hydrogen (secondary N) is 2. The van der Waals surface area contributed by atoms with Crippen molar-refractivity contribution in [3.63, 3.8) is 0 Å². The molecule has 148 valence electrons. The SMILES string of the molecule is Cc1ccccc1CNC(=O)C[C@H]1C(=O)NCCN1Cc1c(F)cccc1Cl. The van der Waals surface area contributed by atoms with Gasteiger partial charge in [0.15, 0.2) is 0 Å². The molecule has 0 aromatic heterocycles. The summed E-state index contributed by atoms with van der Waals surface area (Å²) < 4.78 is 14.1. The van der Waals surface area contributed by atoms with E-state index in [-0.39, 0.29) is 24.8 Å². The lowest BCUT2D eigenvalue weighted by molar-refractivity contribution is -0.134. The summed E-state index contributed by atoms with van der Waals surface area (Å²) in [4.78, 5) is 26.6. The highest BCUT2D eigenvalue weighted by atomic mass is 35.5. The molecule has 0 radical (unpaired) electrons. The molecule has 28 heavy (non-hydrogen) atoms. The molecular formula is C21H23ClFN3O2. The third-order valence-electron chi connectivity index (χ3n) is 4.98. The van der Waals surface area contributed by atoms with E-state index in [1.54, 1.807) is 17.0 Å². The molecule has 1 aliphatic heterocycles. The fraction of sp³-hybridized carbons (Fsp3) is 0.333. The van der Waals surface area contributed by atoms with Crippen molar-refractivity contribution in [2.75, 3.05) is 13.1 Å². The van der Waals surface area contributed by atoms with Gasteiger partial charge in [0.05, 0.1) is 12.5 Å². The zero-order valence-electron chi connectivity index (χ0n) is 15.7. The number of benzene rings is 2. The van der Waals surface area contributed by atoms with E-state index in [0.29, 0.717) is 30.2 Å². The van der Waals surface area contributed by atoms with Gasteiger partial charge < -0.3 is 10.6 Å². The summed E-state index contributed by atoms with van der Waals surface area (Å²) in [7, 11) is 0. The second-order valence-electron chi connectivity index (χ2n) is 6.88. The molecule has 0 aliphatic carbocycles. The second-order valence-corrected chi connectivity index (χ2v) is 7.29. The van der Waals surface area contributed by atoms with Crippen LogP contribution in [0.15, 0.2) is 42.5 Å². The van der Waals surface area contributed by atoms with Gasteiger partial charge in [0.2, 0.25) is 11.8 Å². The predicted molar refractivity (Wildman–Crippen MR) is 106 cm³/mol. The van der Waals surface area contributed by atoms with Gasteiger partial charge in [0.1, 0.15) is 5.82 Å². The third kappa shape index (κ3) is 4.88. The van der Waals surface area contributed by atoms with Crippen molar-refractivity contribution in [1.82, 2.24) is 15.5 Å². The van der Waals surface area contributed by atoms with Gasteiger partial charge in [-0.05, 0) is 30.2 Å². The lowest BCUT2D eigenvalue weighted by Crippen LogP contribution is -2.56. The Morgan fingerprint density at radius 2 is 2.07 bits per heavy atom. The molecule has 1 aliphatic rings. The maximum Gasteiger partial charge on any atom is 0.237 e. The van der Waals surface area contributed by atoms with Crippen molar-refractivity contribution in [3.05, 3.63) is 70.0 Å². The van der Waals surface area contributed by atoms with Crippen LogP contribution in [0, 0.1) is 12.7 Å². The Morgan fingerprint density at radius 1 is 1.29 bits per heavy atom. The minimum absolute atomic E-state index is 0.00376. The number of hydrogen-bond acceptors (Lipinski definition) is 3. The topological polar surface area (TPSA) is 61.4 Å². The first kappa shape index (κ1) is 20.3. The summed E-state index contributed by atoms with van der Waals surface area (Å²) in [5, 5.41) is 5.96. The zero-order chi connectivity index (χ0) is 20.1. The van der Waals surface area contributed by atoms with Gasteiger partial charge in [-0.3, -0.25) is 14.5 Å². The Labute approximate surface area is 168 Å². The largest absolute Gasteiger partial charge is 0.353 e. The van der Waals surface area contributed by atoms with Gasteiger partial charge in [-0.25, -0.2) is 4.39 Å². The van der Waals surface area contributed by atoms with E-state index >= 15 is 0 Å². The Balaban J connectivity index is 1.66. The summed E-state index contributed by atoms with van der Waals surface area (Å²) in [6.07, 6.45) is 0.00376. The van der Waals surface area contributed by atoms with E-state index in [1.807, 2.05) is 31.2 Å². The molecule has 1 saturated heterocycles. The summed E-state index contributed by atoms with van der Waals surface area (Å²) in [6, 6.07) is 11.6. The first-order valence-corrected chi connectivity index (χ1v) is 9.59. The molecule has 1 heterocycles. The average Bonchev–Trinajstić information content (AvgIpc) is 2.66. The Hall–Kier alpha value is -2.44. The molecule has 2 aromatic rings. The lowest BCUT2D eigenvalue weighted by atomic mass is 10.1. The molecule has 0 spiro atoms. The van der Waals surface area contributed by atoms with Crippen LogP contribution in [-0.4, -0.2) is 35.8 Å². The lowest BCUT2D eigenvalue weighted by Gasteiger charge is -2.35. The molecule has 0 bridgehead atoms. The molecule has 2 N–H and O–H groups in total. The van der Waals surface area contributed by atoms with Gasteiger partial charge in [0, 0.05) is 36.8 Å². The van der Waals surface area contributed by atoms with Crippen LogP contribution in [0.3, 0.4) is 0 Å². The van der Waals surface area contributed by atoms with Crippen LogP contribution in [0.4, 0.5) is 4.39 Å². The standard InChI is InChI=1S/C21H23ClFN3O2/c1-14-5-2-3-6-15(14)12-25-20(27)11-19-21(28)24-9-10-26(19)13-16-17(22)7-4-8-18(16)23/h2-8,19H,9-13H2,1H3,(H,24,28)(H,25,27)/t19-/m0/s1. The minimum Gasteiger partial charge on any atom is -0.353 e. The van der Waals surface area contributed by atoms with Gasteiger partial charge >= 0.3 is 0 Å². The maximum absolute atomic E-state index is 14.1. The number of nitrogens with zero attached hydrogens (tertiary/aromatic N) is 1. The van der Waals surface area contributed by atoms with Crippen molar-refractivity contribution < 1.29 is 14.0 Å². The van der Waals surface area contributed by atoms with Crippen molar-refractivity contribution >= 4 is 23.4 Å². The van der Waals surface area contributed by atoms with E-state index in [0.717, 1.165) is 11.1 Å². The summed E-state index contributed by atoms with van der Waals surface area (Å²) in [5.74, 6) is -0.874. The van der Waals surface area contributed by atoms with Gasteiger partial charge in [-0.2, -0.15) is 0 Å². The molecular weight excluding hydrogens is 381 g/mol. The quantitative estimate of drug-likeness (QED) is 0.779. The maximum atomic E-state index is 14.1. The first-order chi connectivity index (χ1) is 13.5. The number of piperazine rings is 1. The predicted octanol–water partition coefficient (Wildman–Crippen LogP) is 2.79. The summed E-state index contributed by atoms with van der Waals surface area (Å²) >= 11 is 6.12. The number of rotatable bonds is 6. The molecule has 0 unspecified atom stereocenters. The molecule has 5 nitrogen and oxygen atoms in total. The smallest absolute Gasteiger partial charge is 0.237 e. The third-order valence-corrected chi connectivity index (χ3v) is 5.33. The highest BCUT2D eigenvalue weighted by molar-refractivity contribution is 6.31. The van der Waals surface area contributed by atoms with Gasteiger partial charge in [0.25, 0.3) is 0 Å². The Kier molecular flexibility index (Phi) is 6.65. The van der Waals surface area contributed by atoms with Crippen LogP contribution in [0.2, 0.25) is 5.02 Å². The van der Waals surface area contributed by atoms with E-state index < -0.39 is 11.9 Å². The molecule has 2 aromatic carbocycles. The van der Waals surface area contributed by atoms with Gasteiger partial charge in [-0.15, -0.1) is 0 Å². The molecule has 0 saturated carbocycles. The monoisotopic (exact) mass is 403 g/mol. The number of amides is 2. The van der Waals surface area contributed by atoms with Crippen LogP contribution >= 0.6 is 11.6 Å². The van der Waals surface area contributed by atoms with Crippen molar-refractivity contribution in [2.24, 2.45) is 0 Å². The molecule has 1 fully saturated rings. The van der Waals surface area contributed by atoms with E-state index in [2.05, 4.69) is 10.6 Å². The normalized spacial score (nSPS) is 17.2. The van der Waals surface area contributed by atoms with Crippen LogP contribution in [0.25, 0.3) is 0 Å². The highest BCUT2D eigenvalue weighted by Crippen LogP contribution is 2.23. The summed E-state index contributed by atoms with van der Waals surface area (Å²) in [6.45, 7) is 3.53. The fourth-order valence-corrected chi connectivity index (χ4v) is 3.53. The van der Waals surface area contributed by atoms with Crippen LogP contribution < -0.4 is 10.6 Å². The molecule has 3 rings (SSSR count). The van der Waals surface area contributed by atoms with E-state index in [9.17, 15) is 14.0 Å². The second kappa shape index (κ2) is 9.17. The van der Waals surface area contributed by atoms with Crippen molar-refractivity contribution in [2.45, 2.75) is 32.5 Å². The van der Waals surface area contributed by atoms with Crippen molar-refractivity contribution in [1.29, 1.82) is 0 Å². The first-order valence-electron chi connectivity index (χ1n) is 9.21. The number of carbonyl (C=O) groups excluding carboxylic acids is 2. The fourth-order valence-electron chi connectivity index (χ4n) is 3.31. The number of halogens is 2. The Morgan fingerprint density at radius 3 is 2.82 bits per heavy atom.